The number of nitrogens with zero attached hydrogens (tertiary/aromatic N) is 2. The molecule has 1 aromatic rings. The molecular weight excluding hydrogens is 208 g/mol. The number of aromatic carboxylic acids is 1. The van der Waals surface area contributed by atoms with Crippen LogP contribution in [0.5, 0.6) is 0 Å². The van der Waals surface area contributed by atoms with Gasteiger partial charge in [-0.2, -0.15) is 4.98 Å². The van der Waals surface area contributed by atoms with Crippen LogP contribution in [-0.4, -0.2) is 21.0 Å². The fraction of sp³-hybridized carbons (Fsp3) is 0.500. The summed E-state index contributed by atoms with van der Waals surface area (Å²) in [7, 11) is 0. The number of carboxylic acid groups (broad SMARTS) is 1. The quantitative estimate of drug-likeness (QED) is 0.687. The van der Waals surface area contributed by atoms with Gasteiger partial charge in [0.1, 0.15) is 5.82 Å². The van der Waals surface area contributed by atoms with Gasteiger partial charge >= 0.3 is 5.97 Å². The molecule has 0 bridgehead atoms. The predicted molar refractivity (Wildman–Crippen MR) is 59.0 cm³/mol. The van der Waals surface area contributed by atoms with E-state index >= 15 is 0 Å². The smallest absolute Gasteiger partial charge is 0.355 e. The van der Waals surface area contributed by atoms with Gasteiger partial charge in [0.25, 0.3) is 0 Å². The molecule has 1 fully saturated rings. The van der Waals surface area contributed by atoms with Crippen molar-refractivity contribution in [1.82, 2.24) is 9.97 Å². The Morgan fingerprint density at radius 2 is 1.88 bits per heavy atom. The maximum atomic E-state index is 11.1. The van der Waals surface area contributed by atoms with Crippen LogP contribution < -0.4 is 11.5 Å². The molecule has 0 aliphatic heterocycles. The minimum atomic E-state index is -1.09. The lowest BCUT2D eigenvalue weighted by Gasteiger charge is -2.14. The van der Waals surface area contributed by atoms with Crippen LogP contribution in [0.25, 0.3) is 0 Å². The molecule has 6 heteroatoms. The second-order valence-electron chi connectivity index (χ2n) is 4.02. The zero-order chi connectivity index (χ0) is 11.7. The Hall–Kier alpha value is -1.85. The molecular formula is C10H14N4O2. The Morgan fingerprint density at radius 3 is 2.44 bits per heavy atom. The average Bonchev–Trinajstić information content (AvgIpc) is 2.69. The molecule has 0 radical (unpaired) electrons. The van der Waals surface area contributed by atoms with E-state index in [1.165, 1.54) is 0 Å². The number of rotatable bonds is 2. The minimum absolute atomic E-state index is 0.0445. The number of carbonyl (C=O) groups is 1. The third-order valence-corrected chi connectivity index (χ3v) is 2.96. The van der Waals surface area contributed by atoms with Gasteiger partial charge in [-0.1, -0.05) is 12.8 Å². The number of hydrogen-bond donors (Lipinski definition) is 3. The topological polar surface area (TPSA) is 115 Å². The van der Waals surface area contributed by atoms with Crippen molar-refractivity contribution in [2.24, 2.45) is 0 Å². The summed E-state index contributed by atoms with van der Waals surface area (Å²) in [6.07, 6.45) is 4.07. The first-order chi connectivity index (χ1) is 7.59. The zero-order valence-corrected chi connectivity index (χ0v) is 8.81. The van der Waals surface area contributed by atoms with E-state index in [0.29, 0.717) is 5.56 Å². The lowest BCUT2D eigenvalue weighted by atomic mass is 9.96. The van der Waals surface area contributed by atoms with Crippen molar-refractivity contribution in [3.63, 3.8) is 0 Å². The highest BCUT2D eigenvalue weighted by Crippen LogP contribution is 2.37. The second-order valence-corrected chi connectivity index (χ2v) is 4.02. The number of aromatic nitrogens is 2. The Bertz CT molecular complexity index is 427. The van der Waals surface area contributed by atoms with Crippen molar-refractivity contribution in [1.29, 1.82) is 0 Å². The predicted octanol–water partition coefficient (Wildman–Crippen LogP) is 0.997. The van der Waals surface area contributed by atoms with Gasteiger partial charge in [-0.25, -0.2) is 9.78 Å². The van der Waals surface area contributed by atoms with Crippen LogP contribution in [-0.2, 0) is 0 Å². The van der Waals surface area contributed by atoms with Gasteiger partial charge in [-0.15, -0.1) is 0 Å². The highest BCUT2D eigenvalue weighted by atomic mass is 16.4. The van der Waals surface area contributed by atoms with E-state index in [1.807, 2.05) is 0 Å². The third-order valence-electron chi connectivity index (χ3n) is 2.96. The Balaban J connectivity index is 2.52. The monoisotopic (exact) mass is 222 g/mol. The average molecular weight is 222 g/mol. The molecule has 1 heterocycles. The fourth-order valence-electron chi connectivity index (χ4n) is 2.28. The number of anilines is 2. The third kappa shape index (κ3) is 1.78. The fourth-order valence-corrected chi connectivity index (χ4v) is 2.28. The molecule has 1 aromatic heterocycles. The van der Waals surface area contributed by atoms with Crippen molar-refractivity contribution in [2.45, 2.75) is 31.6 Å². The summed E-state index contributed by atoms with van der Waals surface area (Å²) in [6.45, 7) is 0. The van der Waals surface area contributed by atoms with E-state index in [0.717, 1.165) is 25.7 Å². The van der Waals surface area contributed by atoms with Crippen molar-refractivity contribution in [3.8, 4) is 0 Å². The van der Waals surface area contributed by atoms with E-state index < -0.39 is 5.97 Å². The number of nitrogen functional groups attached to an aromatic ring is 2. The first-order valence-corrected chi connectivity index (χ1v) is 5.25. The van der Waals surface area contributed by atoms with Crippen molar-refractivity contribution < 1.29 is 9.90 Å². The molecule has 0 saturated heterocycles. The van der Waals surface area contributed by atoms with Crippen LogP contribution in [0.2, 0.25) is 0 Å². The summed E-state index contributed by atoms with van der Waals surface area (Å²) in [4.78, 5) is 18.7. The molecule has 6 nitrogen and oxygen atoms in total. The lowest BCUT2D eigenvalue weighted by molar-refractivity contribution is 0.0688. The van der Waals surface area contributed by atoms with Crippen LogP contribution in [0.4, 0.5) is 11.8 Å². The van der Waals surface area contributed by atoms with Gasteiger partial charge in [-0.05, 0) is 18.8 Å². The maximum absolute atomic E-state index is 11.1. The van der Waals surface area contributed by atoms with Crippen molar-refractivity contribution in [3.05, 3.63) is 11.3 Å². The van der Waals surface area contributed by atoms with Gasteiger partial charge in [0.05, 0.1) is 0 Å². The van der Waals surface area contributed by atoms with Gasteiger partial charge in [-0.3, -0.25) is 0 Å². The molecule has 0 spiro atoms. The molecule has 1 aliphatic rings. The van der Waals surface area contributed by atoms with Crippen LogP contribution in [0.1, 0.15) is 47.7 Å². The van der Waals surface area contributed by atoms with Gasteiger partial charge in [0.2, 0.25) is 5.95 Å². The normalized spacial score (nSPS) is 16.5. The van der Waals surface area contributed by atoms with E-state index in [9.17, 15) is 4.79 Å². The summed E-state index contributed by atoms with van der Waals surface area (Å²) >= 11 is 0. The summed E-state index contributed by atoms with van der Waals surface area (Å²) in [5.41, 5.74) is 11.7. The number of hydrogen-bond acceptors (Lipinski definition) is 5. The van der Waals surface area contributed by atoms with E-state index in [2.05, 4.69) is 9.97 Å². The first kappa shape index (κ1) is 10.7. The molecule has 5 N–H and O–H groups in total. The maximum Gasteiger partial charge on any atom is 0.355 e. The molecule has 1 saturated carbocycles. The Morgan fingerprint density at radius 1 is 1.25 bits per heavy atom. The van der Waals surface area contributed by atoms with E-state index in [4.69, 9.17) is 16.6 Å². The van der Waals surface area contributed by atoms with Gasteiger partial charge < -0.3 is 16.6 Å². The molecule has 0 aromatic carbocycles. The lowest BCUT2D eigenvalue weighted by Crippen LogP contribution is -2.15. The largest absolute Gasteiger partial charge is 0.476 e. The standard InChI is InChI=1S/C10H14N4O2/c11-8-6(5-3-1-2-4-5)7(9(15)16)13-10(12)14-8/h5H,1-4H2,(H,15,16)(H4,11,12,13,14). The molecule has 0 unspecified atom stereocenters. The van der Waals surface area contributed by atoms with Crippen LogP contribution in [0.3, 0.4) is 0 Å². The van der Waals surface area contributed by atoms with Crippen LogP contribution in [0.15, 0.2) is 0 Å². The zero-order valence-electron chi connectivity index (χ0n) is 8.81. The molecule has 16 heavy (non-hydrogen) atoms. The Kier molecular flexibility index (Phi) is 2.64. The van der Waals surface area contributed by atoms with E-state index in [1.54, 1.807) is 0 Å². The first-order valence-electron chi connectivity index (χ1n) is 5.25. The highest BCUT2D eigenvalue weighted by molar-refractivity contribution is 5.89. The van der Waals surface area contributed by atoms with Crippen LogP contribution in [0, 0.1) is 0 Å². The second kappa shape index (κ2) is 3.96. The number of carboxylic acids is 1. The Labute approximate surface area is 92.7 Å². The molecule has 86 valence electrons. The summed E-state index contributed by atoms with van der Waals surface area (Å²) < 4.78 is 0. The summed E-state index contributed by atoms with van der Waals surface area (Å²) in [6, 6.07) is 0. The molecule has 1 aliphatic carbocycles. The van der Waals surface area contributed by atoms with Gasteiger partial charge in [0.15, 0.2) is 5.69 Å². The summed E-state index contributed by atoms with van der Waals surface area (Å²) in [5.74, 6) is -0.817. The number of nitrogens with two attached hydrogens (primary N) is 2. The summed E-state index contributed by atoms with van der Waals surface area (Å²) in [5, 5.41) is 9.07. The van der Waals surface area contributed by atoms with Crippen molar-refractivity contribution in [2.75, 3.05) is 11.5 Å². The minimum Gasteiger partial charge on any atom is -0.476 e. The van der Waals surface area contributed by atoms with Gasteiger partial charge in [0, 0.05) is 5.56 Å². The van der Waals surface area contributed by atoms with Crippen LogP contribution >= 0.6 is 0 Å². The molecule has 2 rings (SSSR count). The van der Waals surface area contributed by atoms with E-state index in [-0.39, 0.29) is 23.4 Å². The molecule has 0 atom stereocenters. The SMILES string of the molecule is Nc1nc(N)c(C2CCCC2)c(C(=O)O)n1. The highest BCUT2D eigenvalue weighted by Gasteiger charge is 2.27. The molecule has 0 amide bonds. The van der Waals surface area contributed by atoms with Crippen molar-refractivity contribution >= 4 is 17.7 Å².